The van der Waals surface area contributed by atoms with Gasteiger partial charge >= 0.3 is 6.01 Å². The minimum absolute atomic E-state index is 0.158. The summed E-state index contributed by atoms with van der Waals surface area (Å²) in [5, 5.41) is 0.524. The van der Waals surface area contributed by atoms with Crippen molar-refractivity contribution in [3.05, 3.63) is 41.3 Å². The average Bonchev–Trinajstić information content (AvgIpc) is 3.03. The summed E-state index contributed by atoms with van der Waals surface area (Å²) in [6.45, 7) is 2.19. The van der Waals surface area contributed by atoms with Crippen LogP contribution in [-0.4, -0.2) is 41.3 Å². The maximum atomic E-state index is 6.18. The second-order valence-electron chi connectivity index (χ2n) is 5.05. The second kappa shape index (κ2) is 6.89. The molecule has 7 heteroatoms. The first-order chi connectivity index (χ1) is 10.8. The smallest absolute Gasteiger partial charge is 0.318 e. The van der Waals surface area contributed by atoms with Crippen LogP contribution in [0.4, 0.5) is 5.82 Å². The molecule has 0 radical (unpaired) electrons. The lowest BCUT2D eigenvalue weighted by molar-refractivity contribution is 0.0553. The largest absolute Gasteiger partial charge is 0.467 e. The van der Waals surface area contributed by atoms with Gasteiger partial charge in [0.25, 0.3) is 0 Å². The van der Waals surface area contributed by atoms with E-state index >= 15 is 0 Å². The molecule has 1 fully saturated rings. The summed E-state index contributed by atoms with van der Waals surface area (Å²) >= 11 is 6.18. The van der Waals surface area contributed by atoms with Gasteiger partial charge < -0.3 is 14.4 Å². The van der Waals surface area contributed by atoms with Crippen LogP contribution in [0, 0.1) is 0 Å². The molecule has 1 atom stereocenters. The molecule has 6 nitrogen and oxygen atoms in total. The van der Waals surface area contributed by atoms with Gasteiger partial charge in [0.15, 0.2) is 5.82 Å². The fourth-order valence-corrected chi connectivity index (χ4v) is 2.62. The molecule has 0 unspecified atom stereocenters. The third kappa shape index (κ3) is 3.45. The van der Waals surface area contributed by atoms with E-state index < -0.39 is 0 Å². The number of anilines is 1. The van der Waals surface area contributed by atoms with Crippen molar-refractivity contribution in [3.63, 3.8) is 0 Å². The Balaban J connectivity index is 1.60. The number of pyridine rings is 1. The van der Waals surface area contributed by atoms with E-state index in [0.29, 0.717) is 23.5 Å². The molecule has 3 rings (SSSR count). The Morgan fingerprint density at radius 1 is 1.36 bits per heavy atom. The number of hydrogen-bond acceptors (Lipinski definition) is 6. The normalized spacial score (nSPS) is 17.7. The minimum atomic E-state index is 0.158. The van der Waals surface area contributed by atoms with Gasteiger partial charge in [-0.3, -0.25) is 4.98 Å². The van der Waals surface area contributed by atoms with Crippen LogP contribution in [0.5, 0.6) is 6.01 Å². The predicted octanol–water partition coefficient (Wildman–Crippen LogP) is 2.33. The van der Waals surface area contributed by atoms with Crippen LogP contribution in [-0.2, 0) is 11.3 Å². The standard InChI is InChI=1S/C15H17ClN4O2/c1-21-15-18-8-13(16)14(19-15)20-7-4-12(9-20)22-10-11-2-5-17-6-3-11/h2-3,5-6,8,12H,4,7,9-10H2,1H3/t12-/m1/s1. The number of methoxy groups -OCH3 is 1. The summed E-state index contributed by atoms with van der Waals surface area (Å²) in [6.07, 6.45) is 6.20. The molecule has 0 aliphatic carbocycles. The molecular formula is C15H17ClN4O2. The van der Waals surface area contributed by atoms with Gasteiger partial charge in [0.2, 0.25) is 0 Å². The molecule has 22 heavy (non-hydrogen) atoms. The number of halogens is 1. The summed E-state index contributed by atoms with van der Waals surface area (Å²) in [7, 11) is 1.54. The zero-order valence-corrected chi connectivity index (χ0v) is 13.0. The molecule has 2 aromatic heterocycles. The first-order valence-corrected chi connectivity index (χ1v) is 7.46. The van der Waals surface area contributed by atoms with E-state index in [1.807, 2.05) is 12.1 Å². The Kier molecular flexibility index (Phi) is 4.70. The van der Waals surface area contributed by atoms with E-state index in [-0.39, 0.29) is 6.10 Å². The Hall–Kier alpha value is -1.92. The van der Waals surface area contributed by atoms with E-state index in [0.717, 1.165) is 25.1 Å². The van der Waals surface area contributed by atoms with Gasteiger partial charge in [0.1, 0.15) is 5.02 Å². The van der Waals surface area contributed by atoms with Gasteiger partial charge in [-0.1, -0.05) is 11.6 Å². The molecule has 0 saturated carbocycles. The van der Waals surface area contributed by atoms with Crippen LogP contribution >= 0.6 is 11.6 Å². The topological polar surface area (TPSA) is 60.4 Å². The average molecular weight is 321 g/mol. The third-order valence-corrected chi connectivity index (χ3v) is 3.83. The zero-order chi connectivity index (χ0) is 15.4. The van der Waals surface area contributed by atoms with Crippen molar-refractivity contribution in [2.24, 2.45) is 0 Å². The van der Waals surface area contributed by atoms with Crippen molar-refractivity contribution in [2.45, 2.75) is 19.1 Å². The van der Waals surface area contributed by atoms with Crippen LogP contribution in [0.3, 0.4) is 0 Å². The van der Waals surface area contributed by atoms with E-state index in [2.05, 4.69) is 19.9 Å². The predicted molar refractivity (Wildman–Crippen MR) is 83.2 cm³/mol. The number of aromatic nitrogens is 3. The summed E-state index contributed by atoms with van der Waals surface area (Å²) in [4.78, 5) is 14.4. The van der Waals surface area contributed by atoms with Crippen molar-refractivity contribution in [3.8, 4) is 6.01 Å². The van der Waals surface area contributed by atoms with E-state index in [4.69, 9.17) is 21.1 Å². The minimum Gasteiger partial charge on any atom is -0.467 e. The van der Waals surface area contributed by atoms with Gasteiger partial charge in [-0.2, -0.15) is 4.98 Å². The molecule has 1 saturated heterocycles. The van der Waals surface area contributed by atoms with Crippen molar-refractivity contribution in [1.29, 1.82) is 0 Å². The van der Waals surface area contributed by atoms with Crippen LogP contribution in [0.15, 0.2) is 30.7 Å². The molecular weight excluding hydrogens is 304 g/mol. The molecule has 116 valence electrons. The molecule has 1 aliphatic rings. The Labute approximate surface area is 134 Å². The van der Waals surface area contributed by atoms with E-state index in [1.54, 1.807) is 18.6 Å². The van der Waals surface area contributed by atoms with Crippen molar-refractivity contribution in [2.75, 3.05) is 25.1 Å². The molecule has 0 N–H and O–H groups in total. The van der Waals surface area contributed by atoms with Crippen LogP contribution in [0.2, 0.25) is 5.02 Å². The van der Waals surface area contributed by atoms with Gasteiger partial charge in [-0.25, -0.2) is 4.98 Å². The van der Waals surface area contributed by atoms with E-state index in [9.17, 15) is 0 Å². The quantitative estimate of drug-likeness (QED) is 0.842. The first-order valence-electron chi connectivity index (χ1n) is 7.08. The lowest BCUT2D eigenvalue weighted by Crippen LogP contribution is -2.24. The molecule has 0 aromatic carbocycles. The molecule has 3 heterocycles. The number of hydrogen-bond donors (Lipinski definition) is 0. The van der Waals surface area contributed by atoms with E-state index in [1.165, 1.54) is 7.11 Å². The highest BCUT2D eigenvalue weighted by Crippen LogP contribution is 2.28. The molecule has 1 aliphatic heterocycles. The monoisotopic (exact) mass is 320 g/mol. The Morgan fingerprint density at radius 3 is 2.95 bits per heavy atom. The number of ether oxygens (including phenoxy) is 2. The van der Waals surface area contributed by atoms with Gasteiger partial charge in [-0.05, 0) is 24.1 Å². The fraction of sp³-hybridized carbons (Fsp3) is 0.400. The zero-order valence-electron chi connectivity index (χ0n) is 12.3. The van der Waals surface area contributed by atoms with Gasteiger partial charge in [0, 0.05) is 25.5 Å². The van der Waals surface area contributed by atoms with Crippen LogP contribution in [0.25, 0.3) is 0 Å². The maximum absolute atomic E-state index is 6.18. The summed E-state index contributed by atoms with van der Waals surface area (Å²) in [5.41, 5.74) is 1.12. The third-order valence-electron chi connectivity index (χ3n) is 3.57. The fourth-order valence-electron chi connectivity index (χ4n) is 2.41. The Morgan fingerprint density at radius 2 is 2.18 bits per heavy atom. The lowest BCUT2D eigenvalue weighted by Gasteiger charge is -2.19. The summed E-state index contributed by atoms with van der Waals surface area (Å²) < 4.78 is 11.0. The van der Waals surface area contributed by atoms with Crippen molar-refractivity contribution < 1.29 is 9.47 Å². The highest BCUT2D eigenvalue weighted by atomic mass is 35.5. The van der Waals surface area contributed by atoms with Crippen molar-refractivity contribution >= 4 is 17.4 Å². The highest BCUT2D eigenvalue weighted by molar-refractivity contribution is 6.32. The summed E-state index contributed by atoms with van der Waals surface area (Å²) in [5.74, 6) is 0.698. The van der Waals surface area contributed by atoms with Crippen LogP contribution < -0.4 is 9.64 Å². The molecule has 0 bridgehead atoms. The van der Waals surface area contributed by atoms with Crippen LogP contribution in [0.1, 0.15) is 12.0 Å². The number of nitrogens with zero attached hydrogens (tertiary/aromatic N) is 4. The molecule has 0 spiro atoms. The Bertz CT molecular complexity index is 626. The van der Waals surface area contributed by atoms with Crippen molar-refractivity contribution in [1.82, 2.24) is 15.0 Å². The number of rotatable bonds is 5. The second-order valence-corrected chi connectivity index (χ2v) is 5.46. The highest BCUT2D eigenvalue weighted by Gasteiger charge is 2.26. The summed E-state index contributed by atoms with van der Waals surface area (Å²) in [6, 6.07) is 4.23. The van der Waals surface area contributed by atoms with Gasteiger partial charge in [0.05, 0.1) is 26.0 Å². The molecule has 2 aromatic rings. The lowest BCUT2D eigenvalue weighted by atomic mass is 10.3. The first kappa shape index (κ1) is 15.0. The SMILES string of the molecule is COc1ncc(Cl)c(N2CC[C@@H](OCc3ccncc3)C2)n1. The van der Waals surface area contributed by atoms with Gasteiger partial charge in [-0.15, -0.1) is 0 Å². The molecule has 0 amide bonds. The maximum Gasteiger partial charge on any atom is 0.318 e.